The smallest absolute Gasteiger partial charge is 0.229 e. The molecule has 1 aromatic heterocycles. The number of pyridine rings is 1. The SMILES string of the molecule is CC(C)(C)C(=O)Nc1ccc(Nc2cccc(Cl)c2Cl)nc1. The highest BCUT2D eigenvalue weighted by Crippen LogP contribution is 2.31. The van der Waals surface area contributed by atoms with Gasteiger partial charge in [0.1, 0.15) is 5.82 Å². The van der Waals surface area contributed by atoms with Crippen molar-refractivity contribution in [3.8, 4) is 0 Å². The van der Waals surface area contributed by atoms with Crippen LogP contribution < -0.4 is 10.6 Å². The molecular weight excluding hydrogens is 321 g/mol. The van der Waals surface area contributed by atoms with Gasteiger partial charge in [-0.3, -0.25) is 4.79 Å². The number of nitrogens with zero attached hydrogens (tertiary/aromatic N) is 1. The summed E-state index contributed by atoms with van der Waals surface area (Å²) in [6.07, 6.45) is 1.59. The molecule has 0 aliphatic rings. The van der Waals surface area contributed by atoms with E-state index >= 15 is 0 Å². The van der Waals surface area contributed by atoms with Crippen molar-refractivity contribution in [3.05, 3.63) is 46.6 Å². The maximum Gasteiger partial charge on any atom is 0.229 e. The third-order valence-electron chi connectivity index (χ3n) is 2.92. The third kappa shape index (κ3) is 4.12. The van der Waals surface area contributed by atoms with Gasteiger partial charge >= 0.3 is 0 Å². The van der Waals surface area contributed by atoms with E-state index in [9.17, 15) is 4.79 Å². The minimum atomic E-state index is -0.453. The molecule has 0 atom stereocenters. The van der Waals surface area contributed by atoms with Crippen molar-refractivity contribution in [1.29, 1.82) is 0 Å². The highest BCUT2D eigenvalue weighted by atomic mass is 35.5. The van der Waals surface area contributed by atoms with Crippen LogP contribution in [-0.2, 0) is 4.79 Å². The summed E-state index contributed by atoms with van der Waals surface area (Å²) < 4.78 is 0. The summed E-state index contributed by atoms with van der Waals surface area (Å²) in [6, 6.07) is 8.86. The van der Waals surface area contributed by atoms with E-state index in [4.69, 9.17) is 23.2 Å². The molecule has 0 radical (unpaired) electrons. The molecule has 0 aliphatic heterocycles. The number of benzene rings is 1. The Labute approximate surface area is 139 Å². The molecule has 0 unspecified atom stereocenters. The van der Waals surface area contributed by atoms with Crippen LogP contribution in [0.5, 0.6) is 0 Å². The van der Waals surface area contributed by atoms with Crippen LogP contribution in [0.3, 0.4) is 0 Å². The second-order valence-electron chi connectivity index (χ2n) is 5.86. The minimum Gasteiger partial charge on any atom is -0.339 e. The summed E-state index contributed by atoms with van der Waals surface area (Å²) in [6.45, 7) is 5.56. The van der Waals surface area contributed by atoms with E-state index < -0.39 is 5.41 Å². The van der Waals surface area contributed by atoms with Crippen molar-refractivity contribution < 1.29 is 4.79 Å². The molecule has 1 aromatic carbocycles. The summed E-state index contributed by atoms with van der Waals surface area (Å²) in [5.41, 5.74) is 0.862. The Bertz CT molecular complexity index is 679. The van der Waals surface area contributed by atoms with E-state index in [1.54, 1.807) is 30.5 Å². The normalized spacial score (nSPS) is 11.1. The number of carbonyl (C=O) groups excluding carboxylic acids is 1. The molecule has 6 heteroatoms. The maximum atomic E-state index is 11.9. The highest BCUT2D eigenvalue weighted by molar-refractivity contribution is 6.43. The molecule has 2 aromatic rings. The van der Waals surface area contributed by atoms with Gasteiger partial charge in [-0.1, -0.05) is 50.0 Å². The predicted octanol–water partition coefficient (Wildman–Crippen LogP) is 5.12. The summed E-state index contributed by atoms with van der Waals surface area (Å²) in [5, 5.41) is 6.81. The van der Waals surface area contributed by atoms with Gasteiger partial charge in [-0.15, -0.1) is 0 Å². The Hall–Kier alpha value is -1.78. The van der Waals surface area contributed by atoms with Crippen LogP contribution in [0.4, 0.5) is 17.2 Å². The van der Waals surface area contributed by atoms with E-state index in [0.29, 0.717) is 27.2 Å². The van der Waals surface area contributed by atoms with Crippen molar-refractivity contribution >= 4 is 46.3 Å². The number of hydrogen-bond donors (Lipinski definition) is 2. The number of halogens is 2. The number of anilines is 3. The molecule has 2 rings (SSSR count). The number of carbonyl (C=O) groups is 1. The summed E-state index contributed by atoms with van der Waals surface area (Å²) in [4.78, 5) is 16.2. The monoisotopic (exact) mass is 337 g/mol. The molecule has 1 amide bonds. The Morgan fingerprint density at radius 2 is 1.86 bits per heavy atom. The molecule has 1 heterocycles. The zero-order valence-corrected chi connectivity index (χ0v) is 14.1. The Morgan fingerprint density at radius 1 is 1.14 bits per heavy atom. The van der Waals surface area contributed by atoms with E-state index in [-0.39, 0.29) is 5.91 Å². The van der Waals surface area contributed by atoms with Gasteiger partial charge in [-0.05, 0) is 24.3 Å². The fourth-order valence-corrected chi connectivity index (χ4v) is 1.95. The number of rotatable bonds is 3. The van der Waals surface area contributed by atoms with Crippen LogP contribution in [0.1, 0.15) is 20.8 Å². The topological polar surface area (TPSA) is 54.0 Å². The minimum absolute atomic E-state index is 0.0621. The lowest BCUT2D eigenvalue weighted by molar-refractivity contribution is -0.123. The zero-order valence-electron chi connectivity index (χ0n) is 12.6. The lowest BCUT2D eigenvalue weighted by atomic mass is 9.96. The lowest BCUT2D eigenvalue weighted by Gasteiger charge is -2.17. The standard InChI is InChI=1S/C16H17Cl2N3O/c1-16(2,3)15(22)20-10-7-8-13(19-9-10)21-12-6-4-5-11(17)14(12)18/h4-9H,1-3H3,(H,19,21)(H,20,22). The zero-order chi connectivity index (χ0) is 16.3. The fourth-order valence-electron chi connectivity index (χ4n) is 1.60. The molecule has 0 bridgehead atoms. The average Bonchev–Trinajstić information content (AvgIpc) is 2.45. The second kappa shape index (κ2) is 6.55. The molecule has 0 fully saturated rings. The number of aromatic nitrogens is 1. The molecule has 0 saturated carbocycles. The lowest BCUT2D eigenvalue weighted by Crippen LogP contribution is -2.27. The summed E-state index contributed by atoms with van der Waals surface area (Å²) >= 11 is 12.1. The van der Waals surface area contributed by atoms with Gasteiger partial charge < -0.3 is 10.6 Å². The number of amides is 1. The van der Waals surface area contributed by atoms with Crippen LogP contribution in [0.15, 0.2) is 36.5 Å². The largest absolute Gasteiger partial charge is 0.339 e. The van der Waals surface area contributed by atoms with Crippen molar-refractivity contribution in [3.63, 3.8) is 0 Å². The highest BCUT2D eigenvalue weighted by Gasteiger charge is 2.21. The van der Waals surface area contributed by atoms with Crippen molar-refractivity contribution in [2.75, 3.05) is 10.6 Å². The van der Waals surface area contributed by atoms with Crippen LogP contribution in [0.2, 0.25) is 10.0 Å². The first-order valence-corrected chi connectivity index (χ1v) is 7.51. The molecule has 116 valence electrons. The summed E-state index contributed by atoms with van der Waals surface area (Å²) in [7, 11) is 0. The predicted molar refractivity (Wildman–Crippen MR) is 92.1 cm³/mol. The van der Waals surface area contributed by atoms with Gasteiger partial charge in [-0.2, -0.15) is 0 Å². The van der Waals surface area contributed by atoms with Crippen LogP contribution in [0.25, 0.3) is 0 Å². The van der Waals surface area contributed by atoms with E-state index in [2.05, 4.69) is 15.6 Å². The van der Waals surface area contributed by atoms with Crippen LogP contribution >= 0.6 is 23.2 Å². The molecule has 0 spiro atoms. The average molecular weight is 338 g/mol. The molecular formula is C16H17Cl2N3O. The summed E-state index contributed by atoms with van der Waals surface area (Å²) in [5.74, 6) is 0.547. The molecule has 4 nitrogen and oxygen atoms in total. The third-order valence-corrected chi connectivity index (χ3v) is 3.74. The molecule has 22 heavy (non-hydrogen) atoms. The maximum absolute atomic E-state index is 11.9. The van der Waals surface area contributed by atoms with Crippen molar-refractivity contribution in [2.45, 2.75) is 20.8 Å². The van der Waals surface area contributed by atoms with Crippen LogP contribution in [0, 0.1) is 5.41 Å². The first-order valence-electron chi connectivity index (χ1n) is 6.76. The first kappa shape index (κ1) is 16.6. The molecule has 2 N–H and O–H groups in total. The molecule has 0 aliphatic carbocycles. The van der Waals surface area contributed by atoms with Gasteiger partial charge in [0.15, 0.2) is 0 Å². The first-order chi connectivity index (χ1) is 10.3. The number of hydrogen-bond acceptors (Lipinski definition) is 3. The number of nitrogens with one attached hydrogen (secondary N) is 2. The quantitative estimate of drug-likeness (QED) is 0.817. The van der Waals surface area contributed by atoms with E-state index in [0.717, 1.165) is 0 Å². The van der Waals surface area contributed by atoms with Gasteiger partial charge in [0, 0.05) is 5.41 Å². The van der Waals surface area contributed by atoms with E-state index in [1.165, 1.54) is 0 Å². The van der Waals surface area contributed by atoms with Gasteiger partial charge in [0.05, 0.1) is 27.6 Å². The van der Waals surface area contributed by atoms with Gasteiger partial charge in [0.25, 0.3) is 0 Å². The molecule has 0 saturated heterocycles. The fraction of sp³-hybridized carbons (Fsp3) is 0.250. The van der Waals surface area contributed by atoms with E-state index in [1.807, 2.05) is 26.8 Å². The van der Waals surface area contributed by atoms with Crippen LogP contribution in [-0.4, -0.2) is 10.9 Å². The van der Waals surface area contributed by atoms with Gasteiger partial charge in [-0.25, -0.2) is 4.98 Å². The Morgan fingerprint density at radius 3 is 2.45 bits per heavy atom. The van der Waals surface area contributed by atoms with Crippen molar-refractivity contribution in [1.82, 2.24) is 4.98 Å². The second-order valence-corrected chi connectivity index (χ2v) is 6.65. The Balaban J connectivity index is 2.09. The Kier molecular flexibility index (Phi) is 4.94. The van der Waals surface area contributed by atoms with Gasteiger partial charge in [0.2, 0.25) is 5.91 Å². The van der Waals surface area contributed by atoms with Crippen molar-refractivity contribution in [2.24, 2.45) is 5.41 Å².